The van der Waals surface area contributed by atoms with Crippen molar-refractivity contribution in [2.75, 3.05) is 43.1 Å². The minimum atomic E-state index is 0. The van der Waals surface area contributed by atoms with Crippen molar-refractivity contribution in [1.29, 1.82) is 0 Å². The van der Waals surface area contributed by atoms with Crippen molar-refractivity contribution in [3.63, 3.8) is 0 Å². The molecule has 0 radical (unpaired) electrons. The van der Waals surface area contributed by atoms with E-state index in [1.54, 1.807) is 0 Å². The minimum absolute atomic E-state index is 0. The van der Waals surface area contributed by atoms with E-state index in [2.05, 4.69) is 50.8 Å². The summed E-state index contributed by atoms with van der Waals surface area (Å²) in [6.45, 7) is 5.99. The molecule has 1 aliphatic rings. The van der Waals surface area contributed by atoms with Crippen molar-refractivity contribution in [3.05, 3.63) is 24.4 Å². The van der Waals surface area contributed by atoms with Gasteiger partial charge in [0.05, 0.1) is 0 Å². The molecule has 24 heavy (non-hydrogen) atoms. The van der Waals surface area contributed by atoms with Gasteiger partial charge in [0.1, 0.15) is 5.82 Å². The third-order valence-corrected chi connectivity index (χ3v) is 4.63. The molecule has 1 saturated heterocycles. The highest BCUT2D eigenvalue weighted by Crippen LogP contribution is 2.17. The summed E-state index contributed by atoms with van der Waals surface area (Å²) in [7, 11) is 0. The molecule has 0 aliphatic carbocycles. The maximum Gasteiger partial charge on any atom is 0.191 e. The molecule has 0 unspecified atom stereocenters. The summed E-state index contributed by atoms with van der Waals surface area (Å²) in [5, 5.41) is 6.95. The maximum atomic E-state index is 4.68. The first-order valence-corrected chi connectivity index (χ1v) is 9.92. The Hall–Kier alpha value is -0.700. The standard InChI is InChI=1S/C17H29N5S.HI/c1-3-18-17(20-11-6-14-23-2)21-15-8-12-22(13-9-15)16-7-4-5-10-19-16;/h4-5,7,10,15H,3,6,8-9,11-14H2,1-2H3,(H2,18,20,21);1H. The van der Waals surface area contributed by atoms with Crippen LogP contribution in [0.25, 0.3) is 0 Å². The first-order valence-electron chi connectivity index (χ1n) is 8.53. The smallest absolute Gasteiger partial charge is 0.191 e. The normalized spacial score (nSPS) is 15.8. The molecule has 2 rings (SSSR count). The maximum absolute atomic E-state index is 4.68. The molecule has 2 N–H and O–H groups in total. The van der Waals surface area contributed by atoms with Gasteiger partial charge in [-0.2, -0.15) is 11.8 Å². The first-order chi connectivity index (χ1) is 11.3. The highest BCUT2D eigenvalue weighted by atomic mass is 127. The van der Waals surface area contributed by atoms with Gasteiger partial charge in [0, 0.05) is 38.4 Å². The van der Waals surface area contributed by atoms with Gasteiger partial charge in [-0.05, 0) is 50.3 Å². The summed E-state index contributed by atoms with van der Waals surface area (Å²) in [4.78, 5) is 11.5. The van der Waals surface area contributed by atoms with E-state index in [0.29, 0.717) is 6.04 Å². The highest BCUT2D eigenvalue weighted by Gasteiger charge is 2.20. The lowest BCUT2D eigenvalue weighted by atomic mass is 10.1. The SMILES string of the molecule is CCNC(=NCCCSC)NC1CCN(c2ccccn2)CC1.I. The number of hydrogen-bond acceptors (Lipinski definition) is 4. The predicted octanol–water partition coefficient (Wildman–Crippen LogP) is 2.98. The lowest BCUT2D eigenvalue weighted by Gasteiger charge is -2.33. The monoisotopic (exact) mass is 463 g/mol. The van der Waals surface area contributed by atoms with Crippen molar-refractivity contribution in [1.82, 2.24) is 15.6 Å². The number of nitrogens with one attached hydrogen (secondary N) is 2. The number of thioether (sulfide) groups is 1. The van der Waals surface area contributed by atoms with Crippen LogP contribution in [0.2, 0.25) is 0 Å². The fraction of sp³-hybridized carbons (Fsp3) is 0.647. The molecule has 7 heteroatoms. The van der Waals surface area contributed by atoms with Gasteiger partial charge in [0.2, 0.25) is 0 Å². The lowest BCUT2D eigenvalue weighted by Crippen LogP contribution is -2.49. The molecule has 0 bridgehead atoms. The zero-order valence-corrected chi connectivity index (χ0v) is 17.8. The average molecular weight is 463 g/mol. The number of nitrogens with zero attached hydrogens (tertiary/aromatic N) is 3. The van der Waals surface area contributed by atoms with Crippen LogP contribution in [0.1, 0.15) is 26.2 Å². The number of halogens is 1. The number of pyridine rings is 1. The molecule has 0 atom stereocenters. The van der Waals surface area contributed by atoms with Gasteiger partial charge in [-0.25, -0.2) is 4.98 Å². The van der Waals surface area contributed by atoms with Gasteiger partial charge in [-0.3, -0.25) is 4.99 Å². The van der Waals surface area contributed by atoms with Crippen LogP contribution in [0.4, 0.5) is 5.82 Å². The molecule has 136 valence electrons. The fourth-order valence-electron chi connectivity index (χ4n) is 2.71. The number of aliphatic imine (C=N–C) groups is 1. The summed E-state index contributed by atoms with van der Waals surface area (Å²) in [5.41, 5.74) is 0. The van der Waals surface area contributed by atoms with Crippen LogP contribution < -0.4 is 15.5 Å². The van der Waals surface area contributed by atoms with Crippen molar-refractivity contribution in [2.24, 2.45) is 4.99 Å². The Kier molecular flexibility index (Phi) is 11.2. The summed E-state index contributed by atoms with van der Waals surface area (Å²) in [6, 6.07) is 6.60. The molecule has 0 amide bonds. The molecule has 5 nitrogen and oxygen atoms in total. The number of aromatic nitrogens is 1. The van der Waals surface area contributed by atoms with E-state index in [1.165, 1.54) is 5.75 Å². The van der Waals surface area contributed by atoms with Crippen LogP contribution in [0.15, 0.2) is 29.4 Å². The average Bonchev–Trinajstić information content (AvgIpc) is 2.60. The van der Waals surface area contributed by atoms with Gasteiger partial charge in [-0.1, -0.05) is 6.07 Å². The van der Waals surface area contributed by atoms with Gasteiger partial charge in [0.25, 0.3) is 0 Å². The summed E-state index contributed by atoms with van der Waals surface area (Å²) < 4.78 is 0. The van der Waals surface area contributed by atoms with Crippen molar-refractivity contribution in [3.8, 4) is 0 Å². The van der Waals surface area contributed by atoms with E-state index >= 15 is 0 Å². The summed E-state index contributed by atoms with van der Waals surface area (Å²) >= 11 is 1.88. The molecular weight excluding hydrogens is 433 g/mol. The molecule has 1 fully saturated rings. The Morgan fingerprint density at radius 2 is 2.17 bits per heavy atom. The molecular formula is C17H30IN5S. The third kappa shape index (κ3) is 7.46. The third-order valence-electron chi connectivity index (χ3n) is 3.93. The number of piperidine rings is 1. The predicted molar refractivity (Wildman–Crippen MR) is 117 cm³/mol. The van der Waals surface area contributed by atoms with Crippen LogP contribution in [0, 0.1) is 0 Å². The second-order valence-corrected chi connectivity index (χ2v) is 6.69. The van der Waals surface area contributed by atoms with E-state index in [0.717, 1.165) is 57.2 Å². The van der Waals surface area contributed by atoms with Gasteiger partial charge < -0.3 is 15.5 Å². The molecule has 2 heterocycles. The highest BCUT2D eigenvalue weighted by molar-refractivity contribution is 14.0. The zero-order chi connectivity index (χ0) is 16.3. The van der Waals surface area contributed by atoms with Crippen molar-refractivity contribution >= 4 is 47.5 Å². The first kappa shape index (κ1) is 21.3. The van der Waals surface area contributed by atoms with Gasteiger partial charge >= 0.3 is 0 Å². The molecule has 1 aliphatic heterocycles. The Bertz CT molecular complexity index is 463. The summed E-state index contributed by atoms with van der Waals surface area (Å²) in [6.07, 6.45) is 7.38. The van der Waals surface area contributed by atoms with Gasteiger partial charge in [0.15, 0.2) is 5.96 Å². The Morgan fingerprint density at radius 3 is 2.79 bits per heavy atom. The van der Waals surface area contributed by atoms with Crippen LogP contribution in [0.3, 0.4) is 0 Å². The largest absolute Gasteiger partial charge is 0.357 e. The van der Waals surface area contributed by atoms with Crippen LogP contribution >= 0.6 is 35.7 Å². The van der Waals surface area contributed by atoms with E-state index < -0.39 is 0 Å². The Labute approximate surface area is 167 Å². The molecule has 0 aromatic carbocycles. The topological polar surface area (TPSA) is 52.6 Å². The second-order valence-electron chi connectivity index (χ2n) is 5.70. The summed E-state index contributed by atoms with van der Waals surface area (Å²) in [5.74, 6) is 3.22. The molecule has 0 spiro atoms. The number of rotatable bonds is 7. The van der Waals surface area contributed by atoms with Crippen LogP contribution in [-0.4, -0.2) is 55.2 Å². The van der Waals surface area contributed by atoms with Crippen LogP contribution in [-0.2, 0) is 0 Å². The van der Waals surface area contributed by atoms with Crippen LogP contribution in [0.5, 0.6) is 0 Å². The second kappa shape index (κ2) is 12.6. The molecule has 0 saturated carbocycles. The fourth-order valence-corrected chi connectivity index (χ4v) is 3.12. The zero-order valence-electron chi connectivity index (χ0n) is 14.7. The van der Waals surface area contributed by atoms with E-state index in [-0.39, 0.29) is 24.0 Å². The van der Waals surface area contributed by atoms with Crippen molar-refractivity contribution in [2.45, 2.75) is 32.2 Å². The lowest BCUT2D eigenvalue weighted by molar-refractivity contribution is 0.459. The van der Waals surface area contributed by atoms with E-state index in [4.69, 9.17) is 0 Å². The van der Waals surface area contributed by atoms with E-state index in [1.807, 2.05) is 24.0 Å². The quantitative estimate of drug-likeness (QED) is 0.282. The van der Waals surface area contributed by atoms with Crippen molar-refractivity contribution < 1.29 is 0 Å². The number of anilines is 1. The molecule has 1 aromatic rings. The van der Waals surface area contributed by atoms with E-state index in [9.17, 15) is 0 Å². The Balaban J connectivity index is 0.00000288. The number of guanidine groups is 1. The molecule has 1 aromatic heterocycles. The Morgan fingerprint density at radius 1 is 1.38 bits per heavy atom. The van der Waals surface area contributed by atoms with Gasteiger partial charge in [-0.15, -0.1) is 24.0 Å². The minimum Gasteiger partial charge on any atom is -0.357 e. The number of hydrogen-bond donors (Lipinski definition) is 2.